The van der Waals surface area contributed by atoms with Crippen LogP contribution in [0.25, 0.3) is 0 Å². The van der Waals surface area contributed by atoms with E-state index < -0.39 is 35.3 Å². The van der Waals surface area contributed by atoms with E-state index in [9.17, 15) is 24.0 Å². The number of amides is 5. The highest BCUT2D eigenvalue weighted by atomic mass is 16.6. The van der Waals surface area contributed by atoms with E-state index in [0.29, 0.717) is 51.7 Å². The Bertz CT molecular complexity index is 1160. The van der Waals surface area contributed by atoms with Crippen molar-refractivity contribution in [3.8, 4) is 5.75 Å². The van der Waals surface area contributed by atoms with Crippen LogP contribution in [0.3, 0.4) is 0 Å². The average molecular weight is 576 g/mol. The maximum absolute atomic E-state index is 12.9. The molecule has 0 aromatic heterocycles. The molecular formula is C28H37N3O10. The fourth-order valence-electron chi connectivity index (χ4n) is 4.68. The van der Waals surface area contributed by atoms with E-state index in [0.717, 1.165) is 4.90 Å². The van der Waals surface area contributed by atoms with Gasteiger partial charge in [0.05, 0.1) is 50.2 Å². The Morgan fingerprint density at radius 1 is 1.00 bits per heavy atom. The monoisotopic (exact) mass is 575 g/mol. The first-order valence-corrected chi connectivity index (χ1v) is 13.8. The molecule has 13 nitrogen and oxygen atoms in total. The zero-order valence-corrected chi connectivity index (χ0v) is 23.6. The van der Waals surface area contributed by atoms with Gasteiger partial charge in [0, 0.05) is 19.6 Å². The Labute approximate surface area is 238 Å². The SMILES string of the molecule is CC(C)(C)OC(=O)N1CCOC(CCOCCOCCOc2ccc3c(c2)C(=O)N(C2CCC(=O)NC2=O)C3=O)C1. The van der Waals surface area contributed by atoms with Crippen molar-refractivity contribution in [2.24, 2.45) is 0 Å². The van der Waals surface area contributed by atoms with Crippen LogP contribution in [0.1, 0.15) is 60.7 Å². The quantitative estimate of drug-likeness (QED) is 0.304. The standard InChI is InChI=1S/C28H37N3O10/c1-28(2,3)41-27(36)30-9-11-39-19(17-30)8-10-37-12-13-38-14-15-40-18-4-5-20-21(16-18)26(35)31(25(20)34)22-6-7-23(32)29-24(22)33/h4-5,16,19,22H,6-15,17H2,1-3H3,(H,29,32,33). The second-order valence-corrected chi connectivity index (χ2v) is 10.9. The van der Waals surface area contributed by atoms with Crippen molar-refractivity contribution < 1.29 is 47.7 Å². The van der Waals surface area contributed by atoms with Crippen molar-refractivity contribution in [2.75, 3.05) is 52.7 Å². The Balaban J connectivity index is 1.10. The minimum Gasteiger partial charge on any atom is -0.491 e. The summed E-state index contributed by atoms with van der Waals surface area (Å²) in [5.41, 5.74) is -0.194. The molecule has 0 aliphatic carbocycles. The van der Waals surface area contributed by atoms with Gasteiger partial charge in [-0.1, -0.05) is 0 Å². The third kappa shape index (κ3) is 8.02. The third-order valence-corrected chi connectivity index (χ3v) is 6.65. The van der Waals surface area contributed by atoms with Gasteiger partial charge in [0.15, 0.2) is 0 Å². The van der Waals surface area contributed by atoms with Crippen LogP contribution in [0.2, 0.25) is 0 Å². The van der Waals surface area contributed by atoms with Crippen molar-refractivity contribution in [1.82, 2.24) is 15.1 Å². The van der Waals surface area contributed by atoms with Gasteiger partial charge in [0.1, 0.15) is 24.0 Å². The summed E-state index contributed by atoms with van der Waals surface area (Å²) in [6.07, 6.45) is 0.352. The molecule has 41 heavy (non-hydrogen) atoms. The maximum atomic E-state index is 12.9. The molecule has 13 heteroatoms. The van der Waals surface area contributed by atoms with Gasteiger partial charge in [0.25, 0.3) is 11.8 Å². The molecule has 5 amide bonds. The lowest BCUT2D eigenvalue weighted by atomic mass is 10.0. The maximum Gasteiger partial charge on any atom is 0.410 e. The number of fused-ring (bicyclic) bond motifs is 1. The molecule has 3 heterocycles. The summed E-state index contributed by atoms with van der Waals surface area (Å²) in [6, 6.07) is 3.54. The fraction of sp³-hybridized carbons (Fsp3) is 0.607. The Kier molecular flexibility index (Phi) is 9.94. The molecule has 3 aliphatic rings. The summed E-state index contributed by atoms with van der Waals surface area (Å²) in [6.45, 7) is 8.64. The van der Waals surface area contributed by atoms with Crippen molar-refractivity contribution >= 4 is 29.7 Å². The van der Waals surface area contributed by atoms with Gasteiger partial charge in [0.2, 0.25) is 11.8 Å². The van der Waals surface area contributed by atoms with Crippen molar-refractivity contribution in [2.45, 2.75) is 57.8 Å². The minimum absolute atomic E-state index is 0.0622. The number of rotatable bonds is 11. The first-order chi connectivity index (χ1) is 19.5. The van der Waals surface area contributed by atoms with Crippen molar-refractivity contribution in [1.29, 1.82) is 0 Å². The summed E-state index contributed by atoms with van der Waals surface area (Å²) in [7, 11) is 0. The smallest absolute Gasteiger partial charge is 0.410 e. The van der Waals surface area contributed by atoms with Gasteiger partial charge in [-0.15, -0.1) is 0 Å². The van der Waals surface area contributed by atoms with Crippen molar-refractivity contribution in [3.63, 3.8) is 0 Å². The van der Waals surface area contributed by atoms with Gasteiger partial charge in [-0.2, -0.15) is 0 Å². The number of nitrogens with zero attached hydrogens (tertiary/aromatic N) is 2. The van der Waals surface area contributed by atoms with Gasteiger partial charge in [-0.3, -0.25) is 29.4 Å². The first-order valence-electron chi connectivity index (χ1n) is 13.8. The molecule has 1 aromatic carbocycles. The normalized spacial score (nSPS) is 21.1. The fourth-order valence-corrected chi connectivity index (χ4v) is 4.68. The Morgan fingerprint density at radius 2 is 1.71 bits per heavy atom. The number of hydrogen-bond donors (Lipinski definition) is 1. The highest BCUT2D eigenvalue weighted by molar-refractivity contribution is 6.23. The van der Waals surface area contributed by atoms with E-state index in [1.807, 2.05) is 20.8 Å². The Hall–Kier alpha value is -3.55. The molecule has 2 unspecified atom stereocenters. The molecule has 224 valence electrons. The molecular weight excluding hydrogens is 538 g/mol. The predicted molar refractivity (Wildman–Crippen MR) is 142 cm³/mol. The average Bonchev–Trinajstić information content (AvgIpc) is 3.16. The second-order valence-electron chi connectivity index (χ2n) is 10.9. The number of nitrogens with one attached hydrogen (secondary N) is 1. The lowest BCUT2D eigenvalue weighted by Gasteiger charge is -2.34. The van der Waals surface area contributed by atoms with E-state index in [-0.39, 0.29) is 49.4 Å². The number of benzene rings is 1. The number of piperidine rings is 1. The minimum atomic E-state index is -1.01. The molecule has 4 rings (SSSR count). The number of carbonyl (C=O) groups is 5. The number of morpholine rings is 1. The van der Waals surface area contributed by atoms with Crippen LogP contribution in [0, 0.1) is 0 Å². The molecule has 2 atom stereocenters. The number of imide groups is 2. The lowest BCUT2D eigenvalue weighted by Crippen LogP contribution is -2.54. The molecule has 0 saturated carbocycles. The molecule has 1 aromatic rings. The van der Waals surface area contributed by atoms with Gasteiger partial charge >= 0.3 is 6.09 Å². The van der Waals surface area contributed by atoms with E-state index in [4.69, 9.17) is 23.7 Å². The molecule has 3 aliphatic heterocycles. The van der Waals surface area contributed by atoms with E-state index >= 15 is 0 Å². The number of carbonyl (C=O) groups excluding carboxylic acids is 5. The van der Waals surface area contributed by atoms with Crippen LogP contribution < -0.4 is 10.1 Å². The summed E-state index contributed by atoms with van der Waals surface area (Å²) < 4.78 is 28.0. The molecule has 0 radical (unpaired) electrons. The highest BCUT2D eigenvalue weighted by Gasteiger charge is 2.44. The molecule has 2 fully saturated rings. The summed E-state index contributed by atoms with van der Waals surface area (Å²) >= 11 is 0. The number of hydrogen-bond acceptors (Lipinski definition) is 10. The molecule has 0 spiro atoms. The van der Waals surface area contributed by atoms with Gasteiger partial charge in [-0.25, -0.2) is 4.79 Å². The Morgan fingerprint density at radius 3 is 2.44 bits per heavy atom. The largest absolute Gasteiger partial charge is 0.491 e. The van der Waals surface area contributed by atoms with E-state index in [1.165, 1.54) is 12.1 Å². The van der Waals surface area contributed by atoms with Crippen LogP contribution in [-0.4, -0.2) is 110 Å². The first kappa shape index (κ1) is 30.4. The van der Waals surface area contributed by atoms with Crippen LogP contribution in [0.15, 0.2) is 18.2 Å². The van der Waals surface area contributed by atoms with Crippen LogP contribution >= 0.6 is 0 Å². The zero-order chi connectivity index (χ0) is 29.6. The number of ether oxygens (including phenoxy) is 5. The third-order valence-electron chi connectivity index (χ3n) is 6.65. The highest BCUT2D eigenvalue weighted by Crippen LogP contribution is 2.30. The molecule has 2 saturated heterocycles. The zero-order valence-electron chi connectivity index (χ0n) is 23.6. The van der Waals surface area contributed by atoms with Crippen LogP contribution in [-0.2, 0) is 28.5 Å². The van der Waals surface area contributed by atoms with E-state index in [2.05, 4.69) is 5.32 Å². The van der Waals surface area contributed by atoms with Gasteiger partial charge in [-0.05, 0) is 51.8 Å². The predicted octanol–water partition coefficient (Wildman–Crippen LogP) is 1.53. The topological polar surface area (TPSA) is 150 Å². The van der Waals surface area contributed by atoms with Gasteiger partial charge < -0.3 is 28.6 Å². The van der Waals surface area contributed by atoms with Crippen molar-refractivity contribution in [3.05, 3.63) is 29.3 Å². The summed E-state index contributed by atoms with van der Waals surface area (Å²) in [5.74, 6) is -1.84. The molecule has 0 bridgehead atoms. The molecule has 1 N–H and O–H groups in total. The van der Waals surface area contributed by atoms with Crippen LogP contribution in [0.5, 0.6) is 5.75 Å². The second kappa shape index (κ2) is 13.4. The summed E-state index contributed by atoms with van der Waals surface area (Å²) in [5, 5.41) is 2.17. The van der Waals surface area contributed by atoms with Crippen LogP contribution in [0.4, 0.5) is 4.79 Å². The summed E-state index contributed by atoms with van der Waals surface area (Å²) in [4.78, 5) is 64.1. The lowest BCUT2D eigenvalue weighted by molar-refractivity contribution is -0.136. The van der Waals surface area contributed by atoms with E-state index in [1.54, 1.807) is 11.0 Å².